The van der Waals surface area contributed by atoms with E-state index >= 15 is 0 Å². The van der Waals surface area contributed by atoms with Crippen LogP contribution in [0.1, 0.15) is 34.1 Å². The van der Waals surface area contributed by atoms with Crippen LogP contribution in [0.3, 0.4) is 0 Å². The zero-order valence-electron chi connectivity index (χ0n) is 12.3. The Hall–Kier alpha value is -0.710. The smallest absolute Gasteiger partial charge is 0.226 e. The van der Waals surface area contributed by atoms with Gasteiger partial charge in [0.1, 0.15) is 4.87 Å². The van der Waals surface area contributed by atoms with E-state index in [1.165, 1.54) is 0 Å². The summed E-state index contributed by atoms with van der Waals surface area (Å²) < 4.78 is 0. The van der Waals surface area contributed by atoms with Crippen molar-refractivity contribution in [3.05, 3.63) is 0 Å². The maximum Gasteiger partial charge on any atom is 0.226 e. The molecule has 5 heteroatoms. The topological polar surface area (TPSA) is 40.6 Å². The van der Waals surface area contributed by atoms with Crippen molar-refractivity contribution in [2.24, 2.45) is 11.8 Å². The Morgan fingerprint density at radius 2 is 1.68 bits per heavy atom. The molecule has 1 spiro atoms. The van der Waals surface area contributed by atoms with Gasteiger partial charge in [-0.05, 0) is 6.42 Å². The van der Waals surface area contributed by atoms with Crippen molar-refractivity contribution in [1.29, 1.82) is 0 Å². The lowest BCUT2D eigenvalue weighted by Gasteiger charge is -2.35. The molecule has 0 aromatic rings. The van der Waals surface area contributed by atoms with E-state index in [4.69, 9.17) is 0 Å². The monoisotopic (exact) mass is 284 g/mol. The van der Waals surface area contributed by atoms with Crippen LogP contribution in [0.15, 0.2) is 0 Å². The Morgan fingerprint density at radius 3 is 2.26 bits per heavy atom. The number of hydrogen-bond acceptors (Lipinski definition) is 3. The molecule has 108 valence electrons. The van der Waals surface area contributed by atoms with Crippen LogP contribution in [0.5, 0.6) is 0 Å². The van der Waals surface area contributed by atoms with Gasteiger partial charge in [-0.15, -0.1) is 11.8 Å². The summed E-state index contributed by atoms with van der Waals surface area (Å²) in [6.07, 6.45) is 0.911. The van der Waals surface area contributed by atoms with Crippen LogP contribution in [0.2, 0.25) is 0 Å². The van der Waals surface area contributed by atoms with Crippen molar-refractivity contribution in [1.82, 2.24) is 9.80 Å². The fourth-order valence-electron chi connectivity index (χ4n) is 2.89. The van der Waals surface area contributed by atoms with Gasteiger partial charge in [0.2, 0.25) is 11.8 Å². The van der Waals surface area contributed by atoms with Gasteiger partial charge < -0.3 is 9.80 Å². The Morgan fingerprint density at radius 1 is 1.05 bits per heavy atom. The Kier molecular flexibility index (Phi) is 4.14. The highest BCUT2D eigenvalue weighted by Crippen LogP contribution is 2.43. The molecule has 2 aliphatic rings. The van der Waals surface area contributed by atoms with Crippen LogP contribution in [0.25, 0.3) is 0 Å². The second-order valence-corrected chi connectivity index (χ2v) is 7.56. The molecule has 0 radical (unpaired) electrons. The maximum atomic E-state index is 12.3. The predicted molar refractivity (Wildman–Crippen MR) is 77.8 cm³/mol. The Labute approximate surface area is 119 Å². The SMILES string of the molecule is CC(C)C(=O)N1CCC2(C1)SCCN2C(=O)C(C)C. The van der Waals surface area contributed by atoms with Gasteiger partial charge in [0.25, 0.3) is 0 Å². The molecular weight excluding hydrogens is 260 g/mol. The second-order valence-electron chi connectivity index (χ2n) is 6.10. The molecule has 1 atom stereocenters. The first kappa shape index (κ1) is 14.7. The van der Waals surface area contributed by atoms with E-state index in [0.717, 1.165) is 25.3 Å². The molecule has 0 saturated carbocycles. The molecule has 4 nitrogen and oxygen atoms in total. The Bertz CT molecular complexity index is 384. The Balaban J connectivity index is 2.12. The molecule has 0 bridgehead atoms. The average Bonchev–Trinajstić information content (AvgIpc) is 2.95. The van der Waals surface area contributed by atoms with E-state index < -0.39 is 0 Å². The number of thioether (sulfide) groups is 1. The molecule has 19 heavy (non-hydrogen) atoms. The third-order valence-corrected chi connectivity index (χ3v) is 5.43. The van der Waals surface area contributed by atoms with Gasteiger partial charge in [-0.25, -0.2) is 0 Å². The van der Waals surface area contributed by atoms with E-state index in [9.17, 15) is 9.59 Å². The van der Waals surface area contributed by atoms with Crippen molar-refractivity contribution in [3.8, 4) is 0 Å². The maximum absolute atomic E-state index is 12.3. The minimum Gasteiger partial charge on any atom is -0.339 e. The standard InChI is InChI=1S/C14H24N2O2S/c1-10(2)12(17)15-6-5-14(9-15)16(7-8-19-14)13(18)11(3)4/h10-11H,5-9H2,1-4H3. The van der Waals surface area contributed by atoms with E-state index in [1.54, 1.807) is 0 Å². The number of nitrogens with zero attached hydrogens (tertiary/aromatic N) is 2. The lowest BCUT2D eigenvalue weighted by atomic mass is 10.1. The molecule has 0 N–H and O–H groups in total. The third-order valence-electron chi connectivity index (χ3n) is 3.95. The molecule has 2 rings (SSSR count). The zero-order valence-corrected chi connectivity index (χ0v) is 13.1. The summed E-state index contributed by atoms with van der Waals surface area (Å²) in [6.45, 7) is 10.1. The van der Waals surface area contributed by atoms with Crippen molar-refractivity contribution >= 4 is 23.6 Å². The quantitative estimate of drug-likeness (QED) is 0.776. The lowest BCUT2D eigenvalue weighted by Crippen LogP contribution is -2.49. The van der Waals surface area contributed by atoms with Crippen LogP contribution in [0.4, 0.5) is 0 Å². The number of carbonyl (C=O) groups is 2. The predicted octanol–water partition coefficient (Wildman–Crippen LogP) is 1.80. The van der Waals surface area contributed by atoms with Gasteiger partial charge in [0, 0.05) is 30.7 Å². The van der Waals surface area contributed by atoms with E-state index in [1.807, 2.05) is 49.3 Å². The first-order valence-electron chi connectivity index (χ1n) is 7.11. The van der Waals surface area contributed by atoms with Crippen LogP contribution in [0, 0.1) is 11.8 Å². The van der Waals surface area contributed by atoms with Crippen molar-refractivity contribution < 1.29 is 9.59 Å². The molecule has 2 saturated heterocycles. The fourth-order valence-corrected chi connectivity index (χ4v) is 4.36. The van der Waals surface area contributed by atoms with Gasteiger partial charge in [-0.1, -0.05) is 27.7 Å². The number of rotatable bonds is 2. The molecule has 2 amide bonds. The van der Waals surface area contributed by atoms with Gasteiger partial charge in [0.15, 0.2) is 0 Å². The molecule has 1 unspecified atom stereocenters. The number of hydrogen-bond donors (Lipinski definition) is 0. The minimum atomic E-state index is -0.147. The summed E-state index contributed by atoms with van der Waals surface area (Å²) in [5.41, 5.74) is 0. The van der Waals surface area contributed by atoms with Gasteiger partial charge in [-0.2, -0.15) is 0 Å². The first-order chi connectivity index (χ1) is 8.87. The number of carbonyl (C=O) groups excluding carboxylic acids is 2. The van der Waals surface area contributed by atoms with E-state index in [2.05, 4.69) is 0 Å². The zero-order chi connectivity index (χ0) is 14.2. The molecule has 0 aromatic carbocycles. The van der Waals surface area contributed by atoms with Crippen LogP contribution in [-0.2, 0) is 9.59 Å². The molecule has 2 heterocycles. The minimum absolute atomic E-state index is 0.0328. The first-order valence-corrected chi connectivity index (χ1v) is 8.10. The number of likely N-dealkylation sites (tertiary alicyclic amines) is 1. The second kappa shape index (κ2) is 5.35. The van der Waals surface area contributed by atoms with Crippen LogP contribution in [-0.4, -0.2) is 51.9 Å². The van der Waals surface area contributed by atoms with Crippen LogP contribution >= 0.6 is 11.8 Å². The van der Waals surface area contributed by atoms with Crippen molar-refractivity contribution in [2.75, 3.05) is 25.4 Å². The molecule has 2 fully saturated rings. The van der Waals surface area contributed by atoms with Crippen molar-refractivity contribution in [3.63, 3.8) is 0 Å². The summed E-state index contributed by atoms with van der Waals surface area (Å²) in [6, 6.07) is 0. The number of amides is 2. The van der Waals surface area contributed by atoms with E-state index in [0.29, 0.717) is 6.54 Å². The van der Waals surface area contributed by atoms with Crippen molar-refractivity contribution in [2.45, 2.75) is 39.0 Å². The van der Waals surface area contributed by atoms with Gasteiger partial charge >= 0.3 is 0 Å². The summed E-state index contributed by atoms with van der Waals surface area (Å²) in [5, 5.41) is 0. The molecule has 0 aliphatic carbocycles. The van der Waals surface area contributed by atoms with Crippen LogP contribution < -0.4 is 0 Å². The third kappa shape index (κ3) is 2.62. The summed E-state index contributed by atoms with van der Waals surface area (Å²) in [7, 11) is 0. The summed E-state index contributed by atoms with van der Waals surface area (Å²) in [4.78, 5) is 28.2. The van der Waals surface area contributed by atoms with Gasteiger partial charge in [-0.3, -0.25) is 9.59 Å². The highest BCUT2D eigenvalue weighted by molar-refractivity contribution is 8.00. The molecule has 2 aliphatic heterocycles. The van der Waals surface area contributed by atoms with E-state index in [-0.39, 0.29) is 28.5 Å². The normalized spacial score (nSPS) is 27.1. The summed E-state index contributed by atoms with van der Waals surface area (Å²) in [5.74, 6) is 1.49. The highest BCUT2D eigenvalue weighted by Gasteiger charge is 2.50. The largest absolute Gasteiger partial charge is 0.339 e. The summed E-state index contributed by atoms with van der Waals surface area (Å²) >= 11 is 1.85. The van der Waals surface area contributed by atoms with Gasteiger partial charge in [0.05, 0.1) is 6.54 Å². The fraction of sp³-hybridized carbons (Fsp3) is 0.857. The lowest BCUT2D eigenvalue weighted by molar-refractivity contribution is -0.138. The highest BCUT2D eigenvalue weighted by atomic mass is 32.2. The molecular formula is C14H24N2O2S. The average molecular weight is 284 g/mol. The molecule has 0 aromatic heterocycles.